The van der Waals surface area contributed by atoms with Crippen LogP contribution in [0.25, 0.3) is 0 Å². The van der Waals surface area contributed by atoms with E-state index in [9.17, 15) is 9.90 Å². The molecule has 1 aliphatic heterocycles. The van der Waals surface area contributed by atoms with Crippen LogP contribution in [0.2, 0.25) is 0 Å². The van der Waals surface area contributed by atoms with Crippen LogP contribution < -0.4 is 4.74 Å². The summed E-state index contributed by atoms with van der Waals surface area (Å²) >= 11 is 0. The number of fused-ring (bicyclic) bond motifs is 1. The van der Waals surface area contributed by atoms with E-state index in [2.05, 4.69) is 0 Å². The zero-order valence-electron chi connectivity index (χ0n) is 5.65. The molecule has 0 fully saturated rings. The van der Waals surface area contributed by atoms with Crippen molar-refractivity contribution in [1.29, 1.82) is 0 Å². The lowest BCUT2D eigenvalue weighted by molar-refractivity contribution is -0.140. The Kier molecular flexibility index (Phi) is 1.20. The average Bonchev–Trinajstić information content (AvgIpc) is 2.30. The van der Waals surface area contributed by atoms with Gasteiger partial charge < -0.3 is 9.84 Å². The molecule has 1 aromatic rings. The van der Waals surface area contributed by atoms with E-state index in [4.69, 9.17) is 4.74 Å². The van der Waals surface area contributed by atoms with Gasteiger partial charge in [0.1, 0.15) is 5.75 Å². The third-order valence-corrected chi connectivity index (χ3v) is 1.65. The van der Waals surface area contributed by atoms with E-state index < -0.39 is 12.1 Å². The lowest BCUT2D eigenvalue weighted by atomic mass is 10.1. The monoisotopic (exact) mass is 150 g/mol. The molecule has 0 saturated carbocycles. The highest BCUT2D eigenvalue weighted by molar-refractivity contribution is 5.84. The van der Waals surface area contributed by atoms with Crippen molar-refractivity contribution in [3.63, 3.8) is 0 Å². The van der Waals surface area contributed by atoms with Crippen molar-refractivity contribution in [3.8, 4) is 5.75 Å². The number of rotatable bonds is 0. The van der Waals surface area contributed by atoms with Gasteiger partial charge in [-0.05, 0) is 6.07 Å². The number of esters is 1. The van der Waals surface area contributed by atoms with Gasteiger partial charge in [-0.25, -0.2) is 4.79 Å². The minimum atomic E-state index is -1.09. The van der Waals surface area contributed by atoms with Gasteiger partial charge in [0, 0.05) is 5.56 Å². The minimum absolute atomic E-state index is 0.463. The molecule has 1 aliphatic rings. The Morgan fingerprint density at radius 1 is 1.36 bits per heavy atom. The molecule has 11 heavy (non-hydrogen) atoms. The van der Waals surface area contributed by atoms with Crippen molar-refractivity contribution >= 4 is 5.97 Å². The summed E-state index contributed by atoms with van der Waals surface area (Å²) in [6.07, 6.45) is -1.09. The molecule has 3 nitrogen and oxygen atoms in total. The fourth-order valence-electron chi connectivity index (χ4n) is 1.09. The summed E-state index contributed by atoms with van der Waals surface area (Å²) in [6, 6.07) is 6.84. The second kappa shape index (κ2) is 2.07. The van der Waals surface area contributed by atoms with Crippen LogP contribution in [-0.2, 0) is 4.79 Å². The smallest absolute Gasteiger partial charge is 0.345 e. The van der Waals surface area contributed by atoms with Crippen LogP contribution in [0.1, 0.15) is 11.7 Å². The van der Waals surface area contributed by atoms with Crippen LogP contribution in [0.5, 0.6) is 5.75 Å². The predicted octanol–water partition coefficient (Wildman–Crippen LogP) is 0.639. The maximum atomic E-state index is 10.8. The molecule has 56 valence electrons. The van der Waals surface area contributed by atoms with Gasteiger partial charge in [0.2, 0.25) is 0 Å². The second-order valence-electron chi connectivity index (χ2n) is 2.36. The maximum Gasteiger partial charge on any atom is 0.345 e. The van der Waals surface area contributed by atoms with Crippen LogP contribution in [0.4, 0.5) is 0 Å². The Hall–Kier alpha value is -1.35. The summed E-state index contributed by atoms with van der Waals surface area (Å²) in [5, 5.41) is 9.18. The van der Waals surface area contributed by atoms with E-state index >= 15 is 0 Å². The van der Waals surface area contributed by atoms with Crippen molar-refractivity contribution in [2.75, 3.05) is 0 Å². The molecule has 1 atom stereocenters. The first kappa shape index (κ1) is 6.37. The van der Waals surface area contributed by atoms with Gasteiger partial charge >= 0.3 is 5.97 Å². The van der Waals surface area contributed by atoms with Gasteiger partial charge in [0.05, 0.1) is 0 Å². The number of aliphatic hydroxyl groups excluding tert-OH is 1. The topological polar surface area (TPSA) is 46.5 Å². The van der Waals surface area contributed by atoms with E-state index in [1.54, 1.807) is 24.3 Å². The SMILES string of the molecule is O=C1Oc2ccccc2[C@H]1O. The van der Waals surface area contributed by atoms with Gasteiger partial charge in [0.15, 0.2) is 6.10 Å². The highest BCUT2D eigenvalue weighted by atomic mass is 16.6. The summed E-state index contributed by atoms with van der Waals surface area (Å²) in [7, 11) is 0. The van der Waals surface area contributed by atoms with Gasteiger partial charge in [-0.2, -0.15) is 0 Å². The van der Waals surface area contributed by atoms with Crippen LogP contribution in [-0.4, -0.2) is 11.1 Å². The Bertz CT molecular complexity index is 306. The molecular weight excluding hydrogens is 144 g/mol. The Balaban J connectivity index is 2.55. The zero-order chi connectivity index (χ0) is 7.84. The Morgan fingerprint density at radius 2 is 2.09 bits per heavy atom. The largest absolute Gasteiger partial charge is 0.424 e. The predicted molar refractivity (Wildman–Crippen MR) is 37.0 cm³/mol. The van der Waals surface area contributed by atoms with E-state index in [1.807, 2.05) is 0 Å². The fraction of sp³-hybridized carbons (Fsp3) is 0.125. The zero-order valence-corrected chi connectivity index (χ0v) is 5.65. The molecular formula is C8H6O3. The molecule has 0 spiro atoms. The molecule has 1 N–H and O–H groups in total. The molecule has 0 unspecified atom stereocenters. The maximum absolute atomic E-state index is 10.8. The van der Waals surface area contributed by atoms with Crippen LogP contribution >= 0.6 is 0 Å². The van der Waals surface area contributed by atoms with Crippen LogP contribution in [0.3, 0.4) is 0 Å². The van der Waals surface area contributed by atoms with Crippen LogP contribution in [0, 0.1) is 0 Å². The van der Waals surface area contributed by atoms with E-state index in [1.165, 1.54) is 0 Å². The Labute approximate surface area is 63.2 Å². The van der Waals surface area contributed by atoms with Crippen LogP contribution in [0.15, 0.2) is 24.3 Å². The van der Waals surface area contributed by atoms with Crippen molar-refractivity contribution < 1.29 is 14.6 Å². The third kappa shape index (κ3) is 0.816. The number of aliphatic hydroxyl groups is 1. The quantitative estimate of drug-likeness (QED) is 0.436. The molecule has 0 amide bonds. The van der Waals surface area contributed by atoms with Gasteiger partial charge in [-0.15, -0.1) is 0 Å². The van der Waals surface area contributed by atoms with E-state index in [-0.39, 0.29) is 0 Å². The molecule has 0 bridgehead atoms. The van der Waals surface area contributed by atoms with Crippen molar-refractivity contribution in [2.24, 2.45) is 0 Å². The summed E-state index contributed by atoms with van der Waals surface area (Å²) in [5.74, 6) is -0.129. The first-order valence-electron chi connectivity index (χ1n) is 3.28. The number of hydrogen-bond acceptors (Lipinski definition) is 3. The van der Waals surface area contributed by atoms with Gasteiger partial charge in [-0.1, -0.05) is 18.2 Å². The molecule has 0 aliphatic carbocycles. The molecule has 0 radical (unpaired) electrons. The molecule has 2 rings (SSSR count). The summed E-state index contributed by atoms with van der Waals surface area (Å²) < 4.78 is 4.73. The van der Waals surface area contributed by atoms with Crippen molar-refractivity contribution in [1.82, 2.24) is 0 Å². The number of hydrogen-bond donors (Lipinski definition) is 1. The van der Waals surface area contributed by atoms with E-state index in [0.29, 0.717) is 11.3 Å². The summed E-state index contributed by atoms with van der Waals surface area (Å²) in [6.45, 7) is 0. The van der Waals surface area contributed by atoms with Gasteiger partial charge in [0.25, 0.3) is 0 Å². The number of para-hydroxylation sites is 1. The normalized spacial score (nSPS) is 21.2. The number of carbonyl (C=O) groups is 1. The fourth-order valence-corrected chi connectivity index (χ4v) is 1.09. The molecule has 0 aromatic heterocycles. The molecule has 3 heteroatoms. The highest BCUT2D eigenvalue weighted by Gasteiger charge is 2.30. The van der Waals surface area contributed by atoms with E-state index in [0.717, 1.165) is 0 Å². The first-order valence-corrected chi connectivity index (χ1v) is 3.28. The molecule has 1 heterocycles. The summed E-state index contributed by atoms with van der Waals surface area (Å²) in [5.41, 5.74) is 0.553. The van der Waals surface area contributed by atoms with Crippen molar-refractivity contribution in [3.05, 3.63) is 29.8 Å². The average molecular weight is 150 g/mol. The summed E-state index contributed by atoms with van der Waals surface area (Å²) in [4.78, 5) is 10.8. The standard InChI is InChI=1S/C8H6O3/c9-7-5-3-1-2-4-6(5)11-8(7)10/h1-4,7,9H/t7-/m1/s1. The number of ether oxygens (including phenoxy) is 1. The van der Waals surface area contributed by atoms with Crippen molar-refractivity contribution in [2.45, 2.75) is 6.10 Å². The minimum Gasteiger partial charge on any atom is -0.424 e. The lowest BCUT2D eigenvalue weighted by Crippen LogP contribution is -2.08. The lowest BCUT2D eigenvalue weighted by Gasteiger charge is -1.94. The van der Waals surface area contributed by atoms with Gasteiger partial charge in [-0.3, -0.25) is 0 Å². The second-order valence-corrected chi connectivity index (χ2v) is 2.36. The third-order valence-electron chi connectivity index (χ3n) is 1.65. The first-order chi connectivity index (χ1) is 5.29. The number of carbonyl (C=O) groups excluding carboxylic acids is 1. The molecule has 1 aromatic carbocycles. The molecule has 0 saturated heterocycles. The Morgan fingerprint density at radius 3 is 2.82 bits per heavy atom. The number of benzene rings is 1. The highest BCUT2D eigenvalue weighted by Crippen LogP contribution is 2.32.